The fourth-order valence-electron chi connectivity index (χ4n) is 3.17. The van der Waals surface area contributed by atoms with Gasteiger partial charge in [0.2, 0.25) is 0 Å². The molecular formula is C24H18F2NP. The summed E-state index contributed by atoms with van der Waals surface area (Å²) in [5.41, 5.74) is 3.91. The van der Waals surface area contributed by atoms with Crippen LogP contribution in [0.3, 0.4) is 0 Å². The number of nitrogens with zero attached hydrogens (tertiary/aromatic N) is 1. The molecule has 0 saturated heterocycles. The van der Waals surface area contributed by atoms with Gasteiger partial charge in [-0.05, 0) is 35.8 Å². The van der Waals surface area contributed by atoms with Crippen molar-refractivity contribution >= 4 is 13.8 Å². The zero-order valence-corrected chi connectivity index (χ0v) is 16.0. The molecule has 1 aliphatic heterocycles. The average Bonchev–Trinajstić information content (AvgIpc) is 2.71. The van der Waals surface area contributed by atoms with Crippen molar-refractivity contribution in [1.29, 1.82) is 0 Å². The average molecular weight is 389 g/mol. The van der Waals surface area contributed by atoms with Crippen LogP contribution >= 0.6 is 7.55 Å². The zero-order valence-electron chi connectivity index (χ0n) is 15.1. The van der Waals surface area contributed by atoms with E-state index in [2.05, 4.69) is 23.2 Å². The number of hydrogen-bond donors (Lipinski definition) is 0. The molecule has 28 heavy (non-hydrogen) atoms. The van der Waals surface area contributed by atoms with Gasteiger partial charge in [0, 0.05) is 22.9 Å². The smallest absolute Gasteiger partial charge is 0.135 e. The third-order valence-electron chi connectivity index (χ3n) is 4.62. The van der Waals surface area contributed by atoms with Crippen molar-refractivity contribution in [2.45, 2.75) is 6.42 Å². The van der Waals surface area contributed by atoms with Crippen molar-refractivity contribution in [2.24, 2.45) is 0 Å². The lowest BCUT2D eigenvalue weighted by molar-refractivity contribution is 0.587. The Morgan fingerprint density at radius 2 is 1.68 bits per heavy atom. The van der Waals surface area contributed by atoms with Crippen LogP contribution in [0.25, 0.3) is 22.4 Å². The van der Waals surface area contributed by atoms with Gasteiger partial charge in [-0.25, -0.2) is 14.9 Å². The third-order valence-corrected chi connectivity index (χ3v) is 6.20. The summed E-state index contributed by atoms with van der Waals surface area (Å²) in [4.78, 5) is 4.64. The zero-order chi connectivity index (χ0) is 19.5. The van der Waals surface area contributed by atoms with Crippen LogP contribution in [0, 0.1) is 17.3 Å². The molecule has 0 amide bonds. The second kappa shape index (κ2) is 7.92. The predicted molar refractivity (Wildman–Crippen MR) is 114 cm³/mol. The van der Waals surface area contributed by atoms with Gasteiger partial charge in [-0.1, -0.05) is 36.4 Å². The maximum Gasteiger partial charge on any atom is 0.135 e. The highest BCUT2D eigenvalue weighted by Gasteiger charge is 2.16. The Kier molecular flexibility index (Phi) is 5.18. The number of aromatic nitrogens is 1. The van der Waals surface area contributed by atoms with Crippen molar-refractivity contribution in [3.8, 4) is 22.4 Å². The van der Waals surface area contributed by atoms with Crippen LogP contribution in [0.5, 0.6) is 0 Å². The summed E-state index contributed by atoms with van der Waals surface area (Å²) in [5.74, 6) is 0.899. The fraction of sp³-hybridized carbons (Fsp3) is 0.0417. The summed E-state index contributed by atoms with van der Waals surface area (Å²) < 4.78 is 29.0. The van der Waals surface area contributed by atoms with E-state index in [1.54, 1.807) is 18.2 Å². The summed E-state index contributed by atoms with van der Waals surface area (Å²) in [6.07, 6.45) is 10.9. The molecular weight excluding hydrogens is 371 g/mol. The first-order valence-electron chi connectivity index (χ1n) is 8.93. The van der Waals surface area contributed by atoms with Gasteiger partial charge in [0.15, 0.2) is 0 Å². The molecule has 3 aromatic rings. The normalized spacial score (nSPS) is 14.5. The SMILES string of the molecule is C=[P+]1C=CC=C[C-]1Cc1cccc(-c2cc(-c3ccccc3)c(F)cc2F)n1. The van der Waals surface area contributed by atoms with E-state index in [9.17, 15) is 8.78 Å². The number of benzene rings is 2. The van der Waals surface area contributed by atoms with Gasteiger partial charge >= 0.3 is 0 Å². The minimum absolute atomic E-state index is 0.295. The molecule has 4 rings (SSSR count). The van der Waals surface area contributed by atoms with E-state index in [1.165, 1.54) is 11.7 Å². The summed E-state index contributed by atoms with van der Waals surface area (Å²) in [7, 11) is -0.553. The highest BCUT2D eigenvalue weighted by molar-refractivity contribution is 7.62. The van der Waals surface area contributed by atoms with Crippen molar-refractivity contribution in [2.75, 3.05) is 0 Å². The van der Waals surface area contributed by atoms with Crippen LogP contribution in [0.15, 0.2) is 84.7 Å². The Morgan fingerprint density at radius 1 is 0.893 bits per heavy atom. The minimum Gasteiger partial charge on any atom is -0.254 e. The maximum atomic E-state index is 14.6. The van der Waals surface area contributed by atoms with Crippen LogP contribution in [0.1, 0.15) is 5.69 Å². The lowest BCUT2D eigenvalue weighted by atomic mass is 10.00. The van der Waals surface area contributed by atoms with E-state index in [4.69, 9.17) is 0 Å². The lowest BCUT2D eigenvalue weighted by Gasteiger charge is -2.15. The molecule has 1 aliphatic rings. The van der Waals surface area contributed by atoms with Gasteiger partial charge < -0.3 is 0 Å². The maximum absolute atomic E-state index is 14.6. The molecule has 0 fully saturated rings. The Hall–Kier alpha value is -3.03. The first-order valence-corrected chi connectivity index (χ1v) is 10.5. The van der Waals surface area contributed by atoms with Gasteiger partial charge in [0.25, 0.3) is 0 Å². The molecule has 0 aliphatic carbocycles. The van der Waals surface area contributed by atoms with Crippen LogP contribution < -0.4 is 0 Å². The Bertz CT molecular complexity index is 1090. The summed E-state index contributed by atoms with van der Waals surface area (Å²) in [6, 6.07) is 17.1. The molecule has 1 nitrogen and oxygen atoms in total. The first kappa shape index (κ1) is 18.3. The second-order valence-electron chi connectivity index (χ2n) is 6.53. The van der Waals surface area contributed by atoms with Gasteiger partial charge in [0.05, 0.1) is 25.4 Å². The van der Waals surface area contributed by atoms with E-state index >= 15 is 0 Å². The number of rotatable bonds is 4. The molecule has 2 heterocycles. The first-order chi connectivity index (χ1) is 13.6. The Labute approximate surface area is 164 Å². The highest BCUT2D eigenvalue weighted by Crippen LogP contribution is 2.41. The Balaban J connectivity index is 1.70. The standard InChI is InChI=1S/C24H18F2NP/c1-28-13-6-5-11-19(28)14-18-10-7-12-24(27-18)21-15-20(22(25)16-23(21)26)17-8-3-2-4-9-17/h2-13,15-16H,1,14H2. The molecule has 4 heteroatoms. The minimum atomic E-state index is -0.616. The highest BCUT2D eigenvalue weighted by atomic mass is 31.1. The van der Waals surface area contributed by atoms with E-state index in [0.717, 1.165) is 11.8 Å². The number of allylic oxidation sites excluding steroid dienone is 3. The van der Waals surface area contributed by atoms with Gasteiger partial charge in [-0.15, -0.1) is 6.08 Å². The molecule has 0 radical (unpaired) electrons. The third kappa shape index (κ3) is 3.81. The molecule has 1 unspecified atom stereocenters. The molecule has 0 saturated carbocycles. The summed E-state index contributed by atoms with van der Waals surface area (Å²) in [5, 5.41) is 0. The summed E-state index contributed by atoms with van der Waals surface area (Å²) >= 11 is 0. The largest absolute Gasteiger partial charge is 0.254 e. The van der Waals surface area contributed by atoms with E-state index < -0.39 is 19.2 Å². The van der Waals surface area contributed by atoms with E-state index in [0.29, 0.717) is 28.8 Å². The topological polar surface area (TPSA) is 12.9 Å². The number of halogens is 2. The monoisotopic (exact) mass is 389 g/mol. The molecule has 0 N–H and O–H groups in total. The van der Waals surface area contributed by atoms with E-state index in [-0.39, 0.29) is 0 Å². The number of pyridine rings is 1. The van der Waals surface area contributed by atoms with Crippen molar-refractivity contribution < 1.29 is 8.78 Å². The lowest BCUT2D eigenvalue weighted by Crippen LogP contribution is -2.00. The number of hydrogen-bond acceptors (Lipinski definition) is 1. The van der Waals surface area contributed by atoms with Crippen molar-refractivity contribution in [1.82, 2.24) is 4.98 Å². The summed E-state index contributed by atoms with van der Waals surface area (Å²) in [6.45, 7) is 0. The van der Waals surface area contributed by atoms with Gasteiger partial charge in [-0.3, -0.25) is 4.98 Å². The predicted octanol–water partition coefficient (Wildman–Crippen LogP) is 6.77. The second-order valence-corrected chi connectivity index (χ2v) is 8.34. The molecule has 2 aromatic carbocycles. The van der Waals surface area contributed by atoms with Crippen LogP contribution in [-0.2, 0) is 6.42 Å². The molecule has 138 valence electrons. The van der Waals surface area contributed by atoms with Gasteiger partial charge in [0.1, 0.15) is 11.6 Å². The Morgan fingerprint density at radius 3 is 2.46 bits per heavy atom. The van der Waals surface area contributed by atoms with Crippen molar-refractivity contribution in [3.05, 3.63) is 108 Å². The molecule has 1 atom stereocenters. The van der Waals surface area contributed by atoms with E-state index in [1.807, 2.05) is 42.5 Å². The fourth-order valence-corrected chi connectivity index (χ4v) is 4.31. The molecule has 1 aromatic heterocycles. The molecule has 0 spiro atoms. The van der Waals surface area contributed by atoms with Gasteiger partial charge in [-0.2, -0.15) is 6.08 Å². The van der Waals surface area contributed by atoms with Crippen molar-refractivity contribution in [3.63, 3.8) is 0 Å². The van der Waals surface area contributed by atoms with Crippen LogP contribution in [0.2, 0.25) is 0 Å². The quantitative estimate of drug-likeness (QED) is 0.355. The van der Waals surface area contributed by atoms with Crippen LogP contribution in [-0.4, -0.2) is 11.3 Å². The molecule has 0 bridgehead atoms. The van der Waals surface area contributed by atoms with Crippen LogP contribution in [0.4, 0.5) is 8.78 Å².